The highest BCUT2D eigenvalue weighted by Gasteiger charge is 2.14. The maximum absolute atomic E-state index is 5.36. The molecular formula is C8H16OS. The highest BCUT2D eigenvalue weighted by Crippen LogP contribution is 2.22. The largest absolute Gasteiger partial charge is 0.379 e. The van der Waals surface area contributed by atoms with Gasteiger partial charge in [0.2, 0.25) is 0 Å². The van der Waals surface area contributed by atoms with Gasteiger partial charge in [0.05, 0.1) is 13.2 Å². The predicted octanol–water partition coefficient (Wildman–Crippen LogP) is 2.16. The van der Waals surface area contributed by atoms with E-state index in [0.717, 1.165) is 24.4 Å². The summed E-state index contributed by atoms with van der Waals surface area (Å²) < 4.78 is 5.36. The Balaban J connectivity index is 2.13. The van der Waals surface area contributed by atoms with Gasteiger partial charge in [0.15, 0.2) is 0 Å². The Kier molecular flexibility index (Phi) is 3.57. The van der Waals surface area contributed by atoms with Crippen LogP contribution in [0.5, 0.6) is 0 Å². The van der Waals surface area contributed by atoms with Crippen LogP contribution < -0.4 is 0 Å². The van der Waals surface area contributed by atoms with Crippen LogP contribution >= 0.6 is 11.8 Å². The van der Waals surface area contributed by atoms with Crippen LogP contribution in [0.15, 0.2) is 0 Å². The van der Waals surface area contributed by atoms with Gasteiger partial charge in [0.1, 0.15) is 0 Å². The fraction of sp³-hybridized carbons (Fsp3) is 1.00. The van der Waals surface area contributed by atoms with E-state index in [2.05, 4.69) is 25.6 Å². The molecule has 1 atom stereocenters. The van der Waals surface area contributed by atoms with Crippen molar-refractivity contribution in [1.29, 1.82) is 0 Å². The molecule has 0 aromatic rings. The third-order valence-electron chi connectivity index (χ3n) is 1.62. The smallest absolute Gasteiger partial charge is 0.0585 e. The number of thioether (sulfide) groups is 1. The topological polar surface area (TPSA) is 9.23 Å². The third-order valence-corrected chi connectivity index (χ3v) is 2.82. The van der Waals surface area contributed by atoms with Gasteiger partial charge in [-0.15, -0.1) is 0 Å². The van der Waals surface area contributed by atoms with E-state index in [1.165, 1.54) is 12.2 Å². The van der Waals surface area contributed by atoms with Gasteiger partial charge in [-0.05, 0) is 12.3 Å². The Hall–Kier alpha value is 0.310. The summed E-state index contributed by atoms with van der Waals surface area (Å²) >= 11 is 2.07. The molecule has 0 bridgehead atoms. The molecule has 0 aliphatic carbocycles. The summed E-state index contributed by atoms with van der Waals surface area (Å²) in [5.74, 6) is 2.01. The number of rotatable bonds is 2. The summed E-state index contributed by atoms with van der Waals surface area (Å²) in [7, 11) is 0. The Labute approximate surface area is 67.5 Å². The molecule has 1 saturated heterocycles. The molecule has 1 nitrogen and oxygen atoms in total. The molecule has 60 valence electrons. The summed E-state index contributed by atoms with van der Waals surface area (Å²) in [6, 6.07) is 0. The molecule has 0 aromatic heterocycles. The van der Waals surface area contributed by atoms with Gasteiger partial charge in [-0.2, -0.15) is 11.8 Å². The van der Waals surface area contributed by atoms with Crippen molar-refractivity contribution < 1.29 is 4.74 Å². The molecule has 0 N–H and O–H groups in total. The molecule has 1 aliphatic heterocycles. The number of hydrogen-bond donors (Lipinski definition) is 0. The lowest BCUT2D eigenvalue weighted by Gasteiger charge is -2.22. The summed E-state index contributed by atoms with van der Waals surface area (Å²) in [5.41, 5.74) is 0. The van der Waals surface area contributed by atoms with Crippen LogP contribution in [0.4, 0.5) is 0 Å². The van der Waals surface area contributed by atoms with E-state index < -0.39 is 0 Å². The van der Waals surface area contributed by atoms with Crippen molar-refractivity contribution in [3.63, 3.8) is 0 Å². The summed E-state index contributed by atoms with van der Waals surface area (Å²) in [6.45, 7) is 6.48. The molecule has 1 rings (SSSR count). The van der Waals surface area contributed by atoms with E-state index in [1.807, 2.05) is 0 Å². The Morgan fingerprint density at radius 3 is 2.90 bits per heavy atom. The third kappa shape index (κ3) is 2.93. The standard InChI is InChI=1S/C8H16OS/c1-7(2)5-8-6-9-3-4-10-8/h7-8H,3-6H2,1-2H3. The first-order valence-electron chi connectivity index (χ1n) is 3.98. The van der Waals surface area contributed by atoms with Gasteiger partial charge in [-0.3, -0.25) is 0 Å². The average Bonchev–Trinajstić information content (AvgIpc) is 1.88. The van der Waals surface area contributed by atoms with Gasteiger partial charge in [0.25, 0.3) is 0 Å². The van der Waals surface area contributed by atoms with Crippen LogP contribution in [-0.4, -0.2) is 24.2 Å². The highest BCUT2D eigenvalue weighted by molar-refractivity contribution is 8.00. The summed E-state index contributed by atoms with van der Waals surface area (Å²) in [5, 5.41) is 0.772. The minimum atomic E-state index is 0.772. The fourth-order valence-corrected chi connectivity index (χ4v) is 2.46. The Bertz CT molecular complexity index is 87.3. The predicted molar refractivity (Wildman–Crippen MR) is 46.5 cm³/mol. The molecule has 0 radical (unpaired) electrons. The molecule has 10 heavy (non-hydrogen) atoms. The molecule has 2 heteroatoms. The minimum Gasteiger partial charge on any atom is -0.379 e. The molecule has 1 heterocycles. The van der Waals surface area contributed by atoms with E-state index in [9.17, 15) is 0 Å². The maximum Gasteiger partial charge on any atom is 0.0585 e. The molecule has 1 fully saturated rings. The second-order valence-corrected chi connectivity index (χ2v) is 4.61. The zero-order valence-corrected chi connectivity index (χ0v) is 7.62. The van der Waals surface area contributed by atoms with Crippen molar-refractivity contribution in [2.45, 2.75) is 25.5 Å². The van der Waals surface area contributed by atoms with E-state index >= 15 is 0 Å². The van der Waals surface area contributed by atoms with Gasteiger partial charge < -0.3 is 4.74 Å². The van der Waals surface area contributed by atoms with Crippen LogP contribution in [0.1, 0.15) is 20.3 Å². The molecule has 1 aliphatic rings. The van der Waals surface area contributed by atoms with Crippen LogP contribution in [-0.2, 0) is 4.74 Å². The Morgan fingerprint density at radius 2 is 2.40 bits per heavy atom. The van der Waals surface area contributed by atoms with Crippen molar-refractivity contribution in [2.24, 2.45) is 5.92 Å². The fourth-order valence-electron chi connectivity index (χ4n) is 1.20. The highest BCUT2D eigenvalue weighted by atomic mass is 32.2. The molecule has 0 saturated carbocycles. The summed E-state index contributed by atoms with van der Waals surface area (Å²) in [6.07, 6.45) is 1.31. The second kappa shape index (κ2) is 4.24. The lowest BCUT2D eigenvalue weighted by atomic mass is 10.1. The van der Waals surface area contributed by atoms with Crippen molar-refractivity contribution in [2.75, 3.05) is 19.0 Å². The quantitative estimate of drug-likeness (QED) is 0.612. The van der Waals surface area contributed by atoms with Gasteiger partial charge in [-0.25, -0.2) is 0 Å². The lowest BCUT2D eigenvalue weighted by molar-refractivity contribution is 0.139. The first kappa shape index (κ1) is 8.41. The molecule has 0 spiro atoms. The average molecular weight is 160 g/mol. The van der Waals surface area contributed by atoms with Crippen LogP contribution in [0, 0.1) is 5.92 Å². The monoisotopic (exact) mass is 160 g/mol. The lowest BCUT2D eigenvalue weighted by Crippen LogP contribution is -2.21. The first-order valence-corrected chi connectivity index (χ1v) is 5.03. The maximum atomic E-state index is 5.36. The first-order chi connectivity index (χ1) is 4.79. The Morgan fingerprint density at radius 1 is 1.60 bits per heavy atom. The SMILES string of the molecule is CC(C)CC1COCCS1. The number of hydrogen-bond acceptors (Lipinski definition) is 2. The van der Waals surface area contributed by atoms with Crippen molar-refractivity contribution in [3.05, 3.63) is 0 Å². The van der Waals surface area contributed by atoms with E-state index in [4.69, 9.17) is 4.74 Å². The molecule has 0 amide bonds. The van der Waals surface area contributed by atoms with E-state index in [0.29, 0.717) is 0 Å². The molecular weight excluding hydrogens is 144 g/mol. The van der Waals surface area contributed by atoms with Gasteiger partial charge in [-0.1, -0.05) is 13.8 Å². The van der Waals surface area contributed by atoms with Crippen molar-refractivity contribution in [3.8, 4) is 0 Å². The van der Waals surface area contributed by atoms with E-state index in [1.54, 1.807) is 0 Å². The molecule has 1 unspecified atom stereocenters. The zero-order chi connectivity index (χ0) is 7.40. The van der Waals surface area contributed by atoms with Crippen LogP contribution in [0.3, 0.4) is 0 Å². The van der Waals surface area contributed by atoms with Crippen molar-refractivity contribution >= 4 is 11.8 Å². The van der Waals surface area contributed by atoms with Gasteiger partial charge in [0, 0.05) is 11.0 Å². The van der Waals surface area contributed by atoms with Crippen LogP contribution in [0.25, 0.3) is 0 Å². The number of ether oxygens (including phenoxy) is 1. The minimum absolute atomic E-state index is 0.772. The van der Waals surface area contributed by atoms with E-state index in [-0.39, 0.29) is 0 Å². The van der Waals surface area contributed by atoms with Crippen LogP contribution in [0.2, 0.25) is 0 Å². The summed E-state index contributed by atoms with van der Waals surface area (Å²) in [4.78, 5) is 0. The normalized spacial score (nSPS) is 27.3. The zero-order valence-electron chi connectivity index (χ0n) is 6.80. The molecule has 0 aromatic carbocycles. The van der Waals surface area contributed by atoms with Crippen molar-refractivity contribution in [1.82, 2.24) is 0 Å². The van der Waals surface area contributed by atoms with Gasteiger partial charge >= 0.3 is 0 Å². The second-order valence-electron chi connectivity index (χ2n) is 3.20.